The molecule has 1 rings (SSSR count). The van der Waals surface area contributed by atoms with Crippen LogP contribution in [0.1, 0.15) is 5.56 Å². The predicted octanol–water partition coefficient (Wildman–Crippen LogP) is 3.96. The van der Waals surface area contributed by atoms with Crippen molar-refractivity contribution in [3.8, 4) is 0 Å². The molecule has 0 nitrogen and oxygen atoms in total. The quantitative estimate of drug-likeness (QED) is 0.544. The molecule has 0 unspecified atom stereocenters. The van der Waals surface area contributed by atoms with Gasteiger partial charge in [-0.1, -0.05) is 0 Å². The van der Waals surface area contributed by atoms with Crippen molar-refractivity contribution in [1.82, 2.24) is 0 Å². The van der Waals surface area contributed by atoms with E-state index in [1.165, 1.54) is 0 Å². The normalized spacial score (nSPS) is 10.4. The third-order valence-corrected chi connectivity index (χ3v) is 2.60. The third kappa shape index (κ3) is 1.66. The lowest BCUT2D eigenvalue weighted by Crippen LogP contribution is -1.93. The van der Waals surface area contributed by atoms with E-state index < -0.39 is 18.3 Å². The third-order valence-electron chi connectivity index (χ3n) is 1.32. The van der Waals surface area contributed by atoms with E-state index in [0.29, 0.717) is 0 Å². The highest BCUT2D eigenvalue weighted by molar-refractivity contribution is 9.11. The SMILES string of the molecule is FCc1cc(Br)c(F)c(Br)c1F. The summed E-state index contributed by atoms with van der Waals surface area (Å²) < 4.78 is 37.5. The van der Waals surface area contributed by atoms with Crippen molar-refractivity contribution in [1.29, 1.82) is 0 Å². The summed E-state index contributed by atoms with van der Waals surface area (Å²) in [6.45, 7) is -0.955. The van der Waals surface area contributed by atoms with Gasteiger partial charge >= 0.3 is 0 Å². The van der Waals surface area contributed by atoms with Crippen LogP contribution in [0.3, 0.4) is 0 Å². The van der Waals surface area contributed by atoms with Crippen molar-refractivity contribution >= 4 is 31.9 Å². The van der Waals surface area contributed by atoms with Crippen molar-refractivity contribution < 1.29 is 13.2 Å². The van der Waals surface area contributed by atoms with Crippen LogP contribution in [-0.4, -0.2) is 0 Å². The average molecular weight is 304 g/mol. The molecule has 1 aromatic carbocycles. The summed E-state index contributed by atoms with van der Waals surface area (Å²) in [5.74, 6) is -1.65. The number of benzene rings is 1. The molecule has 5 heteroatoms. The molecule has 0 bridgehead atoms. The molecule has 0 amide bonds. The summed E-state index contributed by atoms with van der Waals surface area (Å²) in [4.78, 5) is 0. The first kappa shape index (κ1) is 10.1. The number of rotatable bonds is 1. The highest BCUT2D eigenvalue weighted by Gasteiger charge is 2.14. The first-order chi connectivity index (χ1) is 5.57. The Morgan fingerprint density at radius 1 is 1.17 bits per heavy atom. The zero-order chi connectivity index (χ0) is 9.30. The predicted molar refractivity (Wildman–Crippen MR) is 46.6 cm³/mol. The molecule has 0 aliphatic carbocycles. The Labute approximate surface area is 84.0 Å². The van der Waals surface area contributed by atoms with Crippen molar-refractivity contribution in [2.75, 3.05) is 0 Å². The van der Waals surface area contributed by atoms with Gasteiger partial charge in [0.1, 0.15) is 12.5 Å². The monoisotopic (exact) mass is 302 g/mol. The second-order valence-corrected chi connectivity index (χ2v) is 3.74. The summed E-state index contributed by atoms with van der Waals surface area (Å²) in [6.07, 6.45) is 0. The molecule has 0 saturated heterocycles. The van der Waals surface area contributed by atoms with Crippen LogP contribution in [0.25, 0.3) is 0 Å². The molecule has 12 heavy (non-hydrogen) atoms. The first-order valence-corrected chi connectivity index (χ1v) is 4.54. The zero-order valence-corrected chi connectivity index (χ0v) is 8.85. The van der Waals surface area contributed by atoms with E-state index >= 15 is 0 Å². The maximum absolute atomic E-state index is 12.9. The molecule has 0 aliphatic heterocycles. The molecule has 0 radical (unpaired) electrons. The van der Waals surface area contributed by atoms with Gasteiger partial charge in [0, 0.05) is 5.56 Å². The maximum atomic E-state index is 12.9. The molecule has 0 aliphatic rings. The molecule has 0 saturated carbocycles. The van der Waals surface area contributed by atoms with Crippen LogP contribution >= 0.6 is 31.9 Å². The Kier molecular flexibility index (Phi) is 3.17. The minimum absolute atomic E-state index is 0.0448. The zero-order valence-electron chi connectivity index (χ0n) is 5.67. The van der Waals surface area contributed by atoms with E-state index in [-0.39, 0.29) is 14.5 Å². The number of alkyl halides is 1. The molecule has 0 fully saturated rings. The van der Waals surface area contributed by atoms with Gasteiger partial charge in [-0.3, -0.25) is 0 Å². The van der Waals surface area contributed by atoms with Crippen molar-refractivity contribution in [2.45, 2.75) is 6.67 Å². The largest absolute Gasteiger partial charge is 0.246 e. The lowest BCUT2D eigenvalue weighted by Gasteiger charge is -2.03. The highest BCUT2D eigenvalue weighted by Crippen LogP contribution is 2.29. The summed E-state index contributed by atoms with van der Waals surface area (Å²) >= 11 is 5.51. The lowest BCUT2D eigenvalue weighted by molar-refractivity contribution is 0.457. The summed E-state index contributed by atoms with van der Waals surface area (Å²) in [7, 11) is 0. The standard InChI is InChI=1S/C7H3Br2F3/c8-4-1-3(2-10)6(11)5(9)7(4)12/h1H,2H2. The summed E-state index contributed by atoms with van der Waals surface area (Å²) in [5.41, 5.74) is -0.171. The number of hydrogen-bond acceptors (Lipinski definition) is 0. The van der Waals surface area contributed by atoms with Crippen LogP contribution < -0.4 is 0 Å². The summed E-state index contributed by atoms with van der Waals surface area (Å²) in [5, 5.41) is 0. The van der Waals surface area contributed by atoms with Gasteiger partial charge in [-0.15, -0.1) is 0 Å². The molecule has 0 heterocycles. The second kappa shape index (κ2) is 3.79. The Morgan fingerprint density at radius 3 is 2.25 bits per heavy atom. The topological polar surface area (TPSA) is 0 Å². The fourth-order valence-electron chi connectivity index (χ4n) is 0.719. The fourth-order valence-corrected chi connectivity index (χ4v) is 1.93. The van der Waals surface area contributed by atoms with Crippen molar-refractivity contribution in [3.05, 3.63) is 32.2 Å². The van der Waals surface area contributed by atoms with Gasteiger partial charge in [0.2, 0.25) is 0 Å². The molecule has 0 spiro atoms. The molecular weight excluding hydrogens is 301 g/mol. The Balaban J connectivity index is 3.39. The van der Waals surface area contributed by atoms with E-state index in [1.807, 2.05) is 0 Å². The highest BCUT2D eigenvalue weighted by atomic mass is 79.9. The van der Waals surface area contributed by atoms with E-state index in [4.69, 9.17) is 0 Å². The molecule has 0 atom stereocenters. The minimum atomic E-state index is -0.955. The van der Waals surface area contributed by atoms with Crippen molar-refractivity contribution in [3.63, 3.8) is 0 Å². The van der Waals surface area contributed by atoms with Crippen LogP contribution in [0.4, 0.5) is 13.2 Å². The Hall–Kier alpha value is -0.0300. The Morgan fingerprint density at radius 2 is 1.75 bits per heavy atom. The van der Waals surface area contributed by atoms with Crippen LogP contribution in [-0.2, 0) is 6.67 Å². The average Bonchev–Trinajstić information content (AvgIpc) is 2.08. The second-order valence-electron chi connectivity index (χ2n) is 2.09. The van der Waals surface area contributed by atoms with E-state index in [9.17, 15) is 13.2 Å². The van der Waals surface area contributed by atoms with Gasteiger partial charge < -0.3 is 0 Å². The Bertz CT molecular complexity index is 312. The van der Waals surface area contributed by atoms with Crippen molar-refractivity contribution in [2.24, 2.45) is 0 Å². The van der Waals surface area contributed by atoms with Crippen LogP contribution in [0.2, 0.25) is 0 Å². The molecule has 0 aromatic heterocycles. The maximum Gasteiger partial charge on any atom is 0.154 e. The first-order valence-electron chi connectivity index (χ1n) is 2.95. The van der Waals surface area contributed by atoms with E-state index in [1.54, 1.807) is 0 Å². The van der Waals surface area contributed by atoms with Gasteiger partial charge in [0.25, 0.3) is 0 Å². The van der Waals surface area contributed by atoms with E-state index in [0.717, 1.165) is 6.07 Å². The van der Waals surface area contributed by atoms with Crippen LogP contribution in [0, 0.1) is 11.6 Å². The van der Waals surface area contributed by atoms with Crippen LogP contribution in [0.5, 0.6) is 0 Å². The minimum Gasteiger partial charge on any atom is -0.246 e. The molecule has 66 valence electrons. The van der Waals surface area contributed by atoms with Gasteiger partial charge in [-0.25, -0.2) is 13.2 Å². The number of hydrogen-bond donors (Lipinski definition) is 0. The molecular formula is C7H3Br2F3. The van der Waals surface area contributed by atoms with Crippen LogP contribution in [0.15, 0.2) is 15.0 Å². The fraction of sp³-hybridized carbons (Fsp3) is 0.143. The summed E-state index contributed by atoms with van der Waals surface area (Å²) in [6, 6.07) is 1.08. The van der Waals surface area contributed by atoms with Gasteiger partial charge in [0.15, 0.2) is 5.82 Å². The molecule has 1 aromatic rings. The van der Waals surface area contributed by atoms with Gasteiger partial charge in [0.05, 0.1) is 8.95 Å². The van der Waals surface area contributed by atoms with Gasteiger partial charge in [-0.2, -0.15) is 0 Å². The van der Waals surface area contributed by atoms with E-state index in [2.05, 4.69) is 31.9 Å². The molecule has 0 N–H and O–H groups in total. The number of halogens is 5. The lowest BCUT2D eigenvalue weighted by atomic mass is 10.2. The smallest absolute Gasteiger partial charge is 0.154 e. The van der Waals surface area contributed by atoms with Gasteiger partial charge in [-0.05, 0) is 37.9 Å².